The van der Waals surface area contributed by atoms with Crippen molar-refractivity contribution in [1.82, 2.24) is 0 Å². The van der Waals surface area contributed by atoms with Crippen molar-refractivity contribution >= 4 is 23.9 Å². The van der Waals surface area contributed by atoms with Gasteiger partial charge in [0.05, 0.1) is 6.61 Å². The van der Waals surface area contributed by atoms with Gasteiger partial charge in [-0.25, -0.2) is 4.79 Å². The molecule has 0 amide bonds. The van der Waals surface area contributed by atoms with E-state index in [0.29, 0.717) is 25.7 Å². The summed E-state index contributed by atoms with van der Waals surface area (Å²) in [5.74, 6) is -3.17. The Labute approximate surface area is 493 Å². The number of hydrogen-bond acceptors (Lipinski definition) is 11. The first-order chi connectivity index (χ1) is 39.6. The summed E-state index contributed by atoms with van der Waals surface area (Å²) >= 11 is 0. The summed E-state index contributed by atoms with van der Waals surface area (Å²) in [6.45, 7) is 5.87. The molecule has 81 heavy (non-hydrogen) atoms. The molecule has 12 heteroatoms. The first-order valence-corrected chi connectivity index (χ1v) is 32.9. The number of aliphatic hydroxyl groups excluding tert-OH is 2. The number of carbonyl (C=O) groups is 4. The van der Waals surface area contributed by atoms with Crippen LogP contribution in [0.5, 0.6) is 0 Å². The Morgan fingerprint density at radius 1 is 0.420 bits per heavy atom. The average Bonchev–Trinajstić information content (AvgIpc) is 3.53. The molecular weight excluding hydrogens is 1020 g/mol. The molecule has 1 fully saturated rings. The molecule has 3 N–H and O–H groups in total. The number of unbranched alkanes of at least 4 members (excludes halogenated alkanes) is 30. The Bertz CT molecular complexity index is 1680. The maximum Gasteiger partial charge on any atom is 0.335 e. The van der Waals surface area contributed by atoms with E-state index in [1.54, 1.807) is 0 Å². The van der Waals surface area contributed by atoms with Crippen LogP contribution in [0.3, 0.4) is 0 Å². The fraction of sp³-hybridized carbons (Fsp3) is 0.768. The molecule has 1 heterocycles. The summed E-state index contributed by atoms with van der Waals surface area (Å²) in [5.41, 5.74) is 0. The van der Waals surface area contributed by atoms with Gasteiger partial charge in [0.2, 0.25) is 0 Å². The van der Waals surface area contributed by atoms with Gasteiger partial charge in [-0.3, -0.25) is 14.4 Å². The third-order valence-corrected chi connectivity index (χ3v) is 14.8. The van der Waals surface area contributed by atoms with Crippen LogP contribution in [-0.4, -0.2) is 89.2 Å². The Balaban J connectivity index is 2.67. The number of esters is 3. The number of aliphatic carboxylic acids is 1. The third-order valence-electron chi connectivity index (χ3n) is 14.8. The van der Waals surface area contributed by atoms with Gasteiger partial charge < -0.3 is 39.0 Å². The smallest absolute Gasteiger partial charge is 0.335 e. The summed E-state index contributed by atoms with van der Waals surface area (Å²) in [6.07, 6.45) is 60.1. The van der Waals surface area contributed by atoms with Crippen LogP contribution in [0.15, 0.2) is 72.9 Å². The lowest BCUT2D eigenvalue weighted by Crippen LogP contribution is -2.61. The highest BCUT2D eigenvalue weighted by Crippen LogP contribution is 2.27. The summed E-state index contributed by atoms with van der Waals surface area (Å²) in [6, 6.07) is 0. The molecule has 0 aromatic rings. The van der Waals surface area contributed by atoms with Crippen LogP contribution in [0, 0.1) is 0 Å². The summed E-state index contributed by atoms with van der Waals surface area (Å²) < 4.78 is 28.5. The molecule has 466 valence electrons. The number of rotatable bonds is 56. The molecule has 6 atom stereocenters. The first-order valence-electron chi connectivity index (χ1n) is 32.9. The zero-order valence-corrected chi connectivity index (χ0v) is 51.5. The highest BCUT2D eigenvalue weighted by Gasteiger charge is 2.50. The maximum atomic E-state index is 13.2. The molecule has 1 rings (SSSR count). The molecule has 0 radical (unpaired) electrons. The van der Waals surface area contributed by atoms with Crippen molar-refractivity contribution in [2.24, 2.45) is 0 Å². The number of hydrogen-bond donors (Lipinski definition) is 3. The van der Waals surface area contributed by atoms with Crippen molar-refractivity contribution < 1.29 is 58.2 Å². The fourth-order valence-electron chi connectivity index (χ4n) is 9.74. The molecule has 0 aromatic carbocycles. The minimum absolute atomic E-state index is 0.00673. The van der Waals surface area contributed by atoms with Gasteiger partial charge in [-0.1, -0.05) is 254 Å². The molecule has 0 bridgehead atoms. The summed E-state index contributed by atoms with van der Waals surface area (Å²) in [4.78, 5) is 51.3. The van der Waals surface area contributed by atoms with E-state index in [2.05, 4.69) is 93.7 Å². The van der Waals surface area contributed by atoms with Crippen molar-refractivity contribution in [3.05, 3.63) is 72.9 Å². The molecule has 1 saturated heterocycles. The van der Waals surface area contributed by atoms with E-state index in [0.717, 1.165) is 96.3 Å². The quantitative estimate of drug-likeness (QED) is 0.0228. The van der Waals surface area contributed by atoms with Crippen molar-refractivity contribution in [1.29, 1.82) is 0 Å². The monoisotopic (exact) mass is 1140 g/mol. The first kappa shape index (κ1) is 75.2. The van der Waals surface area contributed by atoms with Gasteiger partial charge in [-0.05, 0) is 89.9 Å². The predicted octanol–water partition coefficient (Wildman–Crippen LogP) is 17.7. The second-order valence-electron chi connectivity index (χ2n) is 22.4. The molecule has 0 saturated carbocycles. The van der Waals surface area contributed by atoms with Crippen LogP contribution in [-0.2, 0) is 42.9 Å². The van der Waals surface area contributed by atoms with E-state index in [9.17, 15) is 34.5 Å². The van der Waals surface area contributed by atoms with E-state index in [1.165, 1.54) is 128 Å². The zero-order chi connectivity index (χ0) is 58.9. The van der Waals surface area contributed by atoms with Gasteiger partial charge >= 0.3 is 23.9 Å². The molecule has 0 aromatic heterocycles. The molecule has 6 unspecified atom stereocenters. The van der Waals surface area contributed by atoms with E-state index >= 15 is 0 Å². The van der Waals surface area contributed by atoms with Crippen molar-refractivity contribution in [3.63, 3.8) is 0 Å². The number of carboxylic acid groups (broad SMARTS) is 1. The van der Waals surface area contributed by atoms with Crippen LogP contribution in [0.25, 0.3) is 0 Å². The highest BCUT2D eigenvalue weighted by atomic mass is 16.7. The fourth-order valence-corrected chi connectivity index (χ4v) is 9.74. The number of allylic oxidation sites excluding steroid dienone is 12. The van der Waals surface area contributed by atoms with Crippen LogP contribution >= 0.6 is 0 Å². The average molecular weight is 1140 g/mol. The van der Waals surface area contributed by atoms with E-state index in [-0.39, 0.29) is 25.9 Å². The number of ether oxygens (including phenoxy) is 5. The Hall–Kier alpha value is -3.84. The van der Waals surface area contributed by atoms with Crippen LogP contribution in [0.4, 0.5) is 0 Å². The molecule has 12 nitrogen and oxygen atoms in total. The second kappa shape index (κ2) is 56.6. The third kappa shape index (κ3) is 46.3. The van der Waals surface area contributed by atoms with Gasteiger partial charge in [0.25, 0.3) is 0 Å². The van der Waals surface area contributed by atoms with Crippen LogP contribution < -0.4 is 0 Å². The molecule has 1 aliphatic heterocycles. The Morgan fingerprint density at radius 2 is 0.778 bits per heavy atom. The highest BCUT2D eigenvalue weighted by molar-refractivity contribution is 5.74. The van der Waals surface area contributed by atoms with Crippen molar-refractivity contribution in [2.45, 2.75) is 327 Å². The van der Waals surface area contributed by atoms with Gasteiger partial charge in [-0.2, -0.15) is 0 Å². The van der Waals surface area contributed by atoms with E-state index in [4.69, 9.17) is 23.7 Å². The van der Waals surface area contributed by atoms with Gasteiger partial charge in [-0.15, -0.1) is 0 Å². The standard InChI is InChI=1S/C69H118O12/c1-4-7-10-13-16-19-22-25-28-30-31-33-35-37-40-43-46-49-52-55-61(70)77-58-60(79-62(71)56-53-50-47-44-41-39-36-32-29-26-23-20-17-14-11-8-5-2)59-78-69-67(65(74)64(73)66(81-69)68(75)76)80-63(72)57-54-51-48-45-42-38-34-27-24-21-18-15-12-9-6-3/h9,12,17-18,20-21,26-27,29,34,42,45,60,64-67,69,73-74H,4-8,10-11,13-16,19,22-25,28,30-33,35-41,43-44,46-59H2,1-3H3,(H,75,76)/b12-9-,20-17-,21-18-,29-26-,34-27-,45-42-. The van der Waals surface area contributed by atoms with Gasteiger partial charge in [0.15, 0.2) is 24.6 Å². The van der Waals surface area contributed by atoms with E-state index < -0.39 is 67.3 Å². The van der Waals surface area contributed by atoms with Crippen molar-refractivity contribution in [2.75, 3.05) is 13.2 Å². The Kier molecular flexibility index (Phi) is 52.6. The lowest BCUT2D eigenvalue weighted by atomic mass is 9.98. The minimum Gasteiger partial charge on any atom is -0.479 e. The molecule has 1 aliphatic rings. The van der Waals surface area contributed by atoms with Gasteiger partial charge in [0.1, 0.15) is 18.8 Å². The normalized spacial score (nSPS) is 18.2. The largest absolute Gasteiger partial charge is 0.479 e. The molecule has 0 aliphatic carbocycles. The number of aliphatic hydroxyl groups is 2. The second-order valence-corrected chi connectivity index (χ2v) is 22.4. The Morgan fingerprint density at radius 3 is 1.23 bits per heavy atom. The van der Waals surface area contributed by atoms with E-state index in [1.807, 2.05) is 0 Å². The van der Waals surface area contributed by atoms with Crippen LogP contribution in [0.1, 0.15) is 290 Å². The SMILES string of the molecule is CC/C=C\C/C=C\C/C=C\C/C=C\CCCCC(=O)OC1C(OCC(COC(=O)CCCCCCCCCCCCCCCCCCCCC)OC(=O)CCCCCCCCC/C=C\C/C=C\CCCCC)OC(C(=O)O)C(O)C1O. The maximum absolute atomic E-state index is 13.2. The number of carboxylic acids is 1. The minimum atomic E-state index is -1.92. The van der Waals surface area contributed by atoms with Gasteiger partial charge in [0, 0.05) is 19.3 Å². The topological polar surface area (TPSA) is 175 Å². The number of carbonyl (C=O) groups excluding carboxylic acids is 3. The lowest BCUT2D eigenvalue weighted by Gasteiger charge is -2.40. The van der Waals surface area contributed by atoms with Crippen molar-refractivity contribution in [3.8, 4) is 0 Å². The molecular formula is C69H118O12. The predicted molar refractivity (Wildman–Crippen MR) is 331 cm³/mol. The summed E-state index contributed by atoms with van der Waals surface area (Å²) in [7, 11) is 0. The summed E-state index contributed by atoms with van der Waals surface area (Å²) in [5, 5.41) is 31.6. The zero-order valence-electron chi connectivity index (χ0n) is 51.5. The lowest BCUT2D eigenvalue weighted by molar-refractivity contribution is -0.301. The van der Waals surface area contributed by atoms with Crippen LogP contribution in [0.2, 0.25) is 0 Å². The molecule has 0 spiro atoms.